The average molecular weight is 276 g/mol. The van der Waals surface area contributed by atoms with E-state index < -0.39 is 9.84 Å². The molecule has 1 amide bonds. The third kappa shape index (κ3) is 6.38. The van der Waals surface area contributed by atoms with Crippen molar-refractivity contribution in [3.05, 3.63) is 16.1 Å². The third-order valence-electron chi connectivity index (χ3n) is 2.07. The molecule has 1 aromatic heterocycles. The van der Waals surface area contributed by atoms with Crippen LogP contribution in [0.1, 0.15) is 17.1 Å². The van der Waals surface area contributed by atoms with Gasteiger partial charge in [-0.2, -0.15) is 0 Å². The van der Waals surface area contributed by atoms with Gasteiger partial charge in [0.2, 0.25) is 5.91 Å². The molecular formula is C10H16N2O3S2. The molecular weight excluding hydrogens is 260 g/mol. The molecule has 0 saturated heterocycles. The number of carbonyl (C=O) groups excluding carboxylic acids is 1. The molecule has 1 N–H and O–H groups in total. The van der Waals surface area contributed by atoms with Gasteiger partial charge in [-0.25, -0.2) is 13.4 Å². The van der Waals surface area contributed by atoms with Gasteiger partial charge in [-0.3, -0.25) is 4.79 Å². The standard InChI is InChI=1S/C10H16N2O3S2/c1-8-12-9(7-16-8)3-5-11-10(13)4-6-17(2,14)15/h7H,3-6H2,1-2H3,(H,11,13). The quantitative estimate of drug-likeness (QED) is 0.823. The van der Waals surface area contributed by atoms with Gasteiger partial charge in [0.15, 0.2) is 0 Å². The first kappa shape index (κ1) is 14.1. The summed E-state index contributed by atoms with van der Waals surface area (Å²) in [4.78, 5) is 15.6. The summed E-state index contributed by atoms with van der Waals surface area (Å²) in [6.45, 7) is 2.42. The lowest BCUT2D eigenvalue weighted by atomic mass is 10.3. The number of aromatic nitrogens is 1. The Morgan fingerprint density at radius 3 is 2.76 bits per heavy atom. The van der Waals surface area contributed by atoms with Crippen LogP contribution in [0.5, 0.6) is 0 Å². The molecule has 1 rings (SSSR count). The maximum Gasteiger partial charge on any atom is 0.221 e. The maximum atomic E-state index is 11.3. The van der Waals surface area contributed by atoms with Gasteiger partial charge in [0.25, 0.3) is 0 Å². The van der Waals surface area contributed by atoms with Gasteiger partial charge in [-0.05, 0) is 6.92 Å². The first-order valence-electron chi connectivity index (χ1n) is 5.22. The summed E-state index contributed by atoms with van der Waals surface area (Å²) in [5, 5.41) is 5.63. The fourth-order valence-electron chi connectivity index (χ4n) is 1.22. The Balaban J connectivity index is 2.20. The fourth-order valence-corrected chi connectivity index (χ4v) is 2.42. The molecule has 0 radical (unpaired) electrons. The number of rotatable bonds is 6. The van der Waals surface area contributed by atoms with E-state index in [1.54, 1.807) is 11.3 Å². The van der Waals surface area contributed by atoms with Gasteiger partial charge in [0.05, 0.1) is 16.5 Å². The monoisotopic (exact) mass is 276 g/mol. The number of amides is 1. The van der Waals surface area contributed by atoms with Gasteiger partial charge in [0, 0.05) is 31.0 Å². The van der Waals surface area contributed by atoms with Crippen LogP contribution in [-0.4, -0.2) is 37.9 Å². The van der Waals surface area contributed by atoms with Gasteiger partial charge < -0.3 is 5.32 Å². The van der Waals surface area contributed by atoms with E-state index in [0.717, 1.165) is 17.0 Å². The van der Waals surface area contributed by atoms with Crippen LogP contribution in [0.25, 0.3) is 0 Å². The molecule has 0 aliphatic heterocycles. The van der Waals surface area contributed by atoms with Crippen molar-refractivity contribution in [2.24, 2.45) is 0 Å². The number of thiazole rings is 1. The largest absolute Gasteiger partial charge is 0.356 e. The molecule has 0 bridgehead atoms. The van der Waals surface area contributed by atoms with Crippen LogP contribution in [0.3, 0.4) is 0 Å². The lowest BCUT2D eigenvalue weighted by Gasteiger charge is -2.03. The Morgan fingerprint density at radius 1 is 1.53 bits per heavy atom. The van der Waals surface area contributed by atoms with Crippen LogP contribution in [0.4, 0.5) is 0 Å². The summed E-state index contributed by atoms with van der Waals surface area (Å²) in [5.41, 5.74) is 0.955. The van der Waals surface area contributed by atoms with Crippen molar-refractivity contribution in [2.45, 2.75) is 19.8 Å². The van der Waals surface area contributed by atoms with Crippen molar-refractivity contribution in [3.8, 4) is 0 Å². The SMILES string of the molecule is Cc1nc(CCNC(=O)CCS(C)(=O)=O)cs1. The summed E-state index contributed by atoms with van der Waals surface area (Å²) >= 11 is 1.57. The van der Waals surface area contributed by atoms with Crippen LogP contribution in [0.15, 0.2) is 5.38 Å². The minimum Gasteiger partial charge on any atom is -0.356 e. The van der Waals surface area contributed by atoms with Crippen molar-refractivity contribution in [2.75, 3.05) is 18.6 Å². The number of hydrogen-bond acceptors (Lipinski definition) is 5. The number of nitrogens with one attached hydrogen (secondary N) is 1. The zero-order valence-electron chi connectivity index (χ0n) is 9.89. The highest BCUT2D eigenvalue weighted by Crippen LogP contribution is 2.07. The minimum atomic E-state index is -3.06. The van der Waals surface area contributed by atoms with Crippen LogP contribution >= 0.6 is 11.3 Å². The van der Waals surface area contributed by atoms with E-state index in [4.69, 9.17) is 0 Å². The fraction of sp³-hybridized carbons (Fsp3) is 0.600. The van der Waals surface area contributed by atoms with Crippen molar-refractivity contribution in [3.63, 3.8) is 0 Å². The Kier molecular flexibility index (Phi) is 5.07. The summed E-state index contributed by atoms with van der Waals surface area (Å²) in [6.07, 6.45) is 1.82. The molecule has 5 nitrogen and oxygen atoms in total. The average Bonchev–Trinajstić information content (AvgIpc) is 2.60. The van der Waals surface area contributed by atoms with E-state index in [1.807, 2.05) is 12.3 Å². The molecule has 7 heteroatoms. The van der Waals surface area contributed by atoms with E-state index in [0.29, 0.717) is 13.0 Å². The molecule has 0 unspecified atom stereocenters. The Morgan fingerprint density at radius 2 is 2.24 bits per heavy atom. The third-order valence-corrected chi connectivity index (χ3v) is 3.84. The molecule has 0 aromatic carbocycles. The number of hydrogen-bond donors (Lipinski definition) is 1. The van der Waals surface area contributed by atoms with E-state index in [2.05, 4.69) is 10.3 Å². The second-order valence-corrected chi connectivity index (χ2v) is 7.16. The molecule has 17 heavy (non-hydrogen) atoms. The molecule has 1 heterocycles. The molecule has 0 aliphatic carbocycles. The van der Waals surface area contributed by atoms with Crippen molar-refractivity contribution in [1.82, 2.24) is 10.3 Å². The molecule has 0 saturated carbocycles. The normalized spacial score (nSPS) is 11.4. The Bertz CT molecular complexity index is 479. The van der Waals surface area contributed by atoms with Crippen molar-refractivity contribution in [1.29, 1.82) is 0 Å². The summed E-state index contributed by atoms with van der Waals surface area (Å²) in [5.74, 6) is -0.336. The van der Waals surface area contributed by atoms with E-state index in [1.165, 1.54) is 0 Å². The zero-order valence-corrected chi connectivity index (χ0v) is 11.5. The van der Waals surface area contributed by atoms with Gasteiger partial charge in [0.1, 0.15) is 9.84 Å². The molecule has 1 aromatic rings. The lowest BCUT2D eigenvalue weighted by Crippen LogP contribution is -2.27. The number of aryl methyl sites for hydroxylation is 1. The van der Waals surface area contributed by atoms with Gasteiger partial charge >= 0.3 is 0 Å². The smallest absolute Gasteiger partial charge is 0.221 e. The van der Waals surface area contributed by atoms with E-state index in [-0.39, 0.29) is 18.1 Å². The maximum absolute atomic E-state index is 11.3. The lowest BCUT2D eigenvalue weighted by molar-refractivity contribution is -0.120. The van der Waals surface area contributed by atoms with Crippen molar-refractivity contribution < 1.29 is 13.2 Å². The van der Waals surface area contributed by atoms with Crippen LogP contribution in [0, 0.1) is 6.92 Å². The minimum absolute atomic E-state index is 0.0227. The summed E-state index contributed by atoms with van der Waals surface area (Å²) in [6, 6.07) is 0. The predicted molar refractivity (Wildman–Crippen MR) is 67.9 cm³/mol. The molecule has 96 valence electrons. The second-order valence-electron chi connectivity index (χ2n) is 3.84. The Hall–Kier alpha value is -0.950. The first-order chi connectivity index (χ1) is 7.87. The second kappa shape index (κ2) is 6.11. The predicted octanol–water partition coefficient (Wildman–Crippen LogP) is 0.545. The van der Waals surface area contributed by atoms with Gasteiger partial charge in [-0.15, -0.1) is 11.3 Å². The number of carbonyl (C=O) groups is 1. The number of nitrogens with zero attached hydrogens (tertiary/aromatic N) is 1. The molecule has 0 fully saturated rings. The topological polar surface area (TPSA) is 76.1 Å². The molecule has 0 atom stereocenters. The summed E-state index contributed by atoms with van der Waals surface area (Å²) < 4.78 is 21.7. The zero-order chi connectivity index (χ0) is 12.9. The van der Waals surface area contributed by atoms with Crippen LogP contribution in [0.2, 0.25) is 0 Å². The van der Waals surface area contributed by atoms with Crippen molar-refractivity contribution >= 4 is 27.1 Å². The highest BCUT2D eigenvalue weighted by atomic mass is 32.2. The number of sulfone groups is 1. The first-order valence-corrected chi connectivity index (χ1v) is 8.16. The van der Waals surface area contributed by atoms with E-state index in [9.17, 15) is 13.2 Å². The highest BCUT2D eigenvalue weighted by molar-refractivity contribution is 7.90. The van der Waals surface area contributed by atoms with Gasteiger partial charge in [-0.1, -0.05) is 0 Å². The highest BCUT2D eigenvalue weighted by Gasteiger charge is 2.07. The van der Waals surface area contributed by atoms with Crippen LogP contribution in [-0.2, 0) is 21.1 Å². The van der Waals surface area contributed by atoms with E-state index >= 15 is 0 Å². The Labute approximate surface area is 105 Å². The molecule has 0 aliphatic rings. The van der Waals surface area contributed by atoms with Crippen LogP contribution < -0.4 is 5.32 Å². The summed E-state index contributed by atoms with van der Waals surface area (Å²) in [7, 11) is -3.06. The molecule has 0 spiro atoms.